The van der Waals surface area contributed by atoms with Crippen LogP contribution in [0.1, 0.15) is 17.2 Å². The Bertz CT molecular complexity index is 517. The zero-order valence-electron chi connectivity index (χ0n) is 11.6. The summed E-state index contributed by atoms with van der Waals surface area (Å²) in [6, 6.07) is 18.8. The number of halogens is 1. The fraction of sp³-hybridized carbons (Fsp3) is 0.250. The van der Waals surface area contributed by atoms with Crippen LogP contribution in [0.2, 0.25) is 19.6 Å². The van der Waals surface area contributed by atoms with Crippen LogP contribution in [-0.4, -0.2) is 8.32 Å². The lowest BCUT2D eigenvalue weighted by atomic mass is 10.0. The largest absolute Gasteiger partial charge is 0.407 e. The highest BCUT2D eigenvalue weighted by Gasteiger charge is 2.23. The SMILES string of the molecule is C[Si](C)(C)OC(c1ccccc1)c1ccc(Br)cc1. The second-order valence-electron chi connectivity index (χ2n) is 5.57. The Kier molecular flexibility index (Phi) is 4.61. The van der Waals surface area contributed by atoms with Crippen molar-refractivity contribution in [1.29, 1.82) is 0 Å². The Balaban J connectivity index is 2.37. The molecule has 0 aromatic heterocycles. The van der Waals surface area contributed by atoms with Gasteiger partial charge in [-0.2, -0.15) is 0 Å². The van der Waals surface area contributed by atoms with E-state index in [1.165, 1.54) is 11.1 Å². The lowest BCUT2D eigenvalue weighted by Crippen LogP contribution is -2.28. The second-order valence-corrected chi connectivity index (χ2v) is 10.9. The molecule has 0 saturated carbocycles. The van der Waals surface area contributed by atoms with Crippen LogP contribution in [0.15, 0.2) is 59.1 Å². The van der Waals surface area contributed by atoms with Crippen molar-refractivity contribution >= 4 is 24.2 Å². The standard InChI is InChI=1S/C16H19BrOSi/c1-19(2,3)18-16(13-7-5-4-6-8-13)14-9-11-15(17)12-10-14/h4-12,16H,1-3H3. The number of hydrogen-bond donors (Lipinski definition) is 0. The molecule has 0 fully saturated rings. The van der Waals surface area contributed by atoms with Crippen molar-refractivity contribution in [3.05, 3.63) is 70.2 Å². The molecule has 100 valence electrons. The maximum Gasteiger partial charge on any atom is 0.185 e. The molecule has 0 bridgehead atoms. The monoisotopic (exact) mass is 334 g/mol. The minimum Gasteiger partial charge on any atom is -0.407 e. The molecule has 0 amide bonds. The molecule has 0 aliphatic heterocycles. The van der Waals surface area contributed by atoms with E-state index in [0.717, 1.165) is 4.47 Å². The normalized spacial score (nSPS) is 13.3. The van der Waals surface area contributed by atoms with Crippen molar-refractivity contribution in [2.24, 2.45) is 0 Å². The summed E-state index contributed by atoms with van der Waals surface area (Å²) in [6.45, 7) is 6.67. The summed E-state index contributed by atoms with van der Waals surface area (Å²) in [6.07, 6.45) is 0.0287. The average Bonchev–Trinajstić information content (AvgIpc) is 2.37. The first-order valence-corrected chi connectivity index (χ1v) is 10.6. The van der Waals surface area contributed by atoms with E-state index in [9.17, 15) is 0 Å². The lowest BCUT2D eigenvalue weighted by molar-refractivity contribution is 0.240. The van der Waals surface area contributed by atoms with E-state index in [4.69, 9.17) is 4.43 Å². The molecular formula is C16H19BrOSi. The second kappa shape index (κ2) is 6.03. The minimum absolute atomic E-state index is 0.0287. The molecule has 0 heterocycles. The van der Waals surface area contributed by atoms with Gasteiger partial charge in [-0.1, -0.05) is 58.4 Å². The van der Waals surface area contributed by atoms with Crippen LogP contribution < -0.4 is 0 Å². The molecule has 0 N–H and O–H groups in total. The molecule has 1 atom stereocenters. The van der Waals surface area contributed by atoms with E-state index in [-0.39, 0.29) is 6.10 Å². The van der Waals surface area contributed by atoms with Gasteiger partial charge in [-0.15, -0.1) is 0 Å². The van der Waals surface area contributed by atoms with Gasteiger partial charge in [0.25, 0.3) is 0 Å². The van der Waals surface area contributed by atoms with Gasteiger partial charge in [-0.3, -0.25) is 0 Å². The molecule has 1 nitrogen and oxygen atoms in total. The minimum atomic E-state index is -1.61. The summed E-state index contributed by atoms with van der Waals surface area (Å²) in [5, 5.41) is 0. The van der Waals surface area contributed by atoms with Crippen molar-refractivity contribution in [3.8, 4) is 0 Å². The van der Waals surface area contributed by atoms with Gasteiger partial charge in [0.15, 0.2) is 8.32 Å². The predicted molar refractivity (Wildman–Crippen MR) is 86.9 cm³/mol. The van der Waals surface area contributed by atoms with Gasteiger partial charge >= 0.3 is 0 Å². The molecular weight excluding hydrogens is 316 g/mol. The average molecular weight is 335 g/mol. The van der Waals surface area contributed by atoms with Crippen LogP contribution in [0.4, 0.5) is 0 Å². The lowest BCUT2D eigenvalue weighted by Gasteiger charge is -2.27. The van der Waals surface area contributed by atoms with Gasteiger partial charge in [-0.25, -0.2) is 0 Å². The third-order valence-electron chi connectivity index (χ3n) is 2.75. The highest BCUT2D eigenvalue weighted by Crippen LogP contribution is 2.30. The number of rotatable bonds is 4. The first kappa shape index (κ1) is 14.5. The van der Waals surface area contributed by atoms with Crippen LogP contribution in [0.3, 0.4) is 0 Å². The quantitative estimate of drug-likeness (QED) is 0.681. The van der Waals surface area contributed by atoms with E-state index >= 15 is 0 Å². The van der Waals surface area contributed by atoms with E-state index in [2.05, 4.69) is 84.1 Å². The third kappa shape index (κ3) is 4.30. The zero-order valence-corrected chi connectivity index (χ0v) is 14.1. The van der Waals surface area contributed by atoms with Crippen molar-refractivity contribution in [2.75, 3.05) is 0 Å². The van der Waals surface area contributed by atoms with Crippen LogP contribution in [0, 0.1) is 0 Å². The molecule has 1 unspecified atom stereocenters. The van der Waals surface area contributed by atoms with Crippen LogP contribution in [-0.2, 0) is 4.43 Å². The highest BCUT2D eigenvalue weighted by atomic mass is 79.9. The van der Waals surface area contributed by atoms with Crippen LogP contribution in [0.25, 0.3) is 0 Å². The Morgan fingerprint density at radius 3 is 1.89 bits per heavy atom. The number of hydrogen-bond acceptors (Lipinski definition) is 1. The summed E-state index contributed by atoms with van der Waals surface area (Å²) < 4.78 is 7.47. The highest BCUT2D eigenvalue weighted by molar-refractivity contribution is 9.10. The summed E-state index contributed by atoms with van der Waals surface area (Å²) in [4.78, 5) is 0. The first-order chi connectivity index (χ1) is 8.96. The van der Waals surface area contributed by atoms with Crippen molar-refractivity contribution in [2.45, 2.75) is 25.7 Å². The molecule has 0 saturated heterocycles. The molecule has 2 aromatic rings. The molecule has 0 spiro atoms. The summed E-state index contributed by atoms with van der Waals surface area (Å²) in [5.74, 6) is 0. The molecule has 19 heavy (non-hydrogen) atoms. The Hall–Kier alpha value is -0.903. The molecule has 2 rings (SSSR count). The fourth-order valence-corrected chi connectivity index (χ4v) is 3.19. The van der Waals surface area contributed by atoms with Crippen molar-refractivity contribution in [3.63, 3.8) is 0 Å². The summed E-state index contributed by atoms with van der Waals surface area (Å²) in [7, 11) is -1.61. The first-order valence-electron chi connectivity index (χ1n) is 6.44. The molecule has 0 aliphatic carbocycles. The van der Waals surface area contributed by atoms with E-state index < -0.39 is 8.32 Å². The van der Waals surface area contributed by atoms with Gasteiger partial charge < -0.3 is 4.43 Å². The van der Waals surface area contributed by atoms with Gasteiger partial charge in [0.05, 0.1) is 6.10 Å². The summed E-state index contributed by atoms with van der Waals surface area (Å²) in [5.41, 5.74) is 2.42. The van der Waals surface area contributed by atoms with Crippen LogP contribution >= 0.6 is 15.9 Å². The Morgan fingerprint density at radius 1 is 0.842 bits per heavy atom. The molecule has 2 aromatic carbocycles. The maximum absolute atomic E-state index is 6.37. The molecule has 0 radical (unpaired) electrons. The van der Waals surface area contributed by atoms with Gasteiger partial charge in [0, 0.05) is 4.47 Å². The Morgan fingerprint density at radius 2 is 1.37 bits per heavy atom. The smallest absolute Gasteiger partial charge is 0.185 e. The Labute approximate surface area is 124 Å². The van der Waals surface area contributed by atoms with Gasteiger partial charge in [-0.05, 0) is 42.9 Å². The maximum atomic E-state index is 6.37. The summed E-state index contributed by atoms with van der Waals surface area (Å²) >= 11 is 3.48. The topological polar surface area (TPSA) is 9.23 Å². The van der Waals surface area contributed by atoms with E-state index in [1.54, 1.807) is 0 Å². The van der Waals surface area contributed by atoms with Crippen molar-refractivity contribution in [1.82, 2.24) is 0 Å². The van der Waals surface area contributed by atoms with E-state index in [1.807, 2.05) is 6.07 Å². The van der Waals surface area contributed by atoms with Crippen molar-refractivity contribution < 1.29 is 4.43 Å². The van der Waals surface area contributed by atoms with E-state index in [0.29, 0.717) is 0 Å². The van der Waals surface area contributed by atoms with Gasteiger partial charge in [0.2, 0.25) is 0 Å². The van der Waals surface area contributed by atoms with Crippen LogP contribution in [0.5, 0.6) is 0 Å². The predicted octanol–water partition coefficient (Wildman–Crippen LogP) is 5.39. The third-order valence-corrected chi connectivity index (χ3v) is 4.22. The molecule has 0 aliphatic rings. The zero-order chi connectivity index (χ0) is 13.9. The fourth-order valence-electron chi connectivity index (χ4n) is 1.95. The number of benzene rings is 2. The molecule has 3 heteroatoms. The van der Waals surface area contributed by atoms with Gasteiger partial charge in [0.1, 0.15) is 0 Å².